The van der Waals surface area contributed by atoms with Gasteiger partial charge in [-0.25, -0.2) is 0 Å². The van der Waals surface area contributed by atoms with Crippen molar-refractivity contribution in [2.75, 3.05) is 0 Å². The Hall–Kier alpha value is -1.93. The fourth-order valence-electron chi connectivity index (χ4n) is 1.74. The molecule has 2 nitrogen and oxygen atoms in total. The second-order valence-corrected chi connectivity index (χ2v) is 4.23. The Balaban J connectivity index is 1.90. The third-order valence-electron chi connectivity index (χ3n) is 2.71. The van der Waals surface area contributed by atoms with E-state index in [2.05, 4.69) is 0 Å². The SMILES string of the molecule is CC(=O)c1cccc(COCc2ccccc2)c1. The van der Waals surface area contributed by atoms with Gasteiger partial charge in [0, 0.05) is 5.56 Å². The fourth-order valence-corrected chi connectivity index (χ4v) is 1.74. The van der Waals surface area contributed by atoms with Crippen molar-refractivity contribution in [2.45, 2.75) is 20.1 Å². The molecule has 0 aliphatic heterocycles. The zero-order valence-electron chi connectivity index (χ0n) is 10.4. The minimum atomic E-state index is 0.0832. The first-order chi connectivity index (χ1) is 8.75. The third kappa shape index (κ3) is 3.54. The normalized spacial score (nSPS) is 10.3. The van der Waals surface area contributed by atoms with E-state index in [-0.39, 0.29) is 5.78 Å². The first-order valence-electron chi connectivity index (χ1n) is 5.97. The molecule has 0 bridgehead atoms. The Bertz CT molecular complexity index is 518. The molecule has 0 fully saturated rings. The zero-order chi connectivity index (χ0) is 12.8. The van der Waals surface area contributed by atoms with Crippen LogP contribution in [-0.2, 0) is 18.0 Å². The van der Waals surface area contributed by atoms with Gasteiger partial charge < -0.3 is 4.74 Å². The summed E-state index contributed by atoms with van der Waals surface area (Å²) in [4.78, 5) is 11.3. The van der Waals surface area contributed by atoms with Crippen molar-refractivity contribution >= 4 is 5.78 Å². The minimum absolute atomic E-state index is 0.0832. The van der Waals surface area contributed by atoms with Crippen LogP contribution in [0.1, 0.15) is 28.4 Å². The highest BCUT2D eigenvalue weighted by molar-refractivity contribution is 5.94. The molecule has 2 heteroatoms. The van der Waals surface area contributed by atoms with E-state index < -0.39 is 0 Å². The summed E-state index contributed by atoms with van der Waals surface area (Å²) >= 11 is 0. The highest BCUT2D eigenvalue weighted by Gasteiger charge is 2.00. The van der Waals surface area contributed by atoms with Gasteiger partial charge in [-0.2, -0.15) is 0 Å². The lowest BCUT2D eigenvalue weighted by Gasteiger charge is -2.05. The number of Topliss-reactive ketones (excluding diaryl/α,β-unsaturated/α-hetero) is 1. The topological polar surface area (TPSA) is 26.3 Å². The largest absolute Gasteiger partial charge is 0.372 e. The van der Waals surface area contributed by atoms with Crippen LogP contribution >= 0.6 is 0 Å². The van der Waals surface area contributed by atoms with Crippen LogP contribution < -0.4 is 0 Å². The second kappa shape index (κ2) is 6.12. The molecule has 0 radical (unpaired) electrons. The van der Waals surface area contributed by atoms with Gasteiger partial charge in [-0.05, 0) is 24.1 Å². The molecule has 0 spiro atoms. The number of rotatable bonds is 5. The van der Waals surface area contributed by atoms with Crippen molar-refractivity contribution in [3.63, 3.8) is 0 Å². The van der Waals surface area contributed by atoms with Crippen molar-refractivity contribution < 1.29 is 9.53 Å². The molecule has 0 atom stereocenters. The molecule has 0 aliphatic rings. The van der Waals surface area contributed by atoms with Gasteiger partial charge >= 0.3 is 0 Å². The van der Waals surface area contributed by atoms with Crippen molar-refractivity contribution in [2.24, 2.45) is 0 Å². The first kappa shape index (κ1) is 12.5. The standard InChI is InChI=1S/C16H16O2/c1-13(17)16-9-5-8-15(10-16)12-18-11-14-6-3-2-4-7-14/h2-10H,11-12H2,1H3. The van der Waals surface area contributed by atoms with E-state index in [1.54, 1.807) is 6.92 Å². The lowest BCUT2D eigenvalue weighted by Crippen LogP contribution is -1.97. The summed E-state index contributed by atoms with van der Waals surface area (Å²) in [6.07, 6.45) is 0. The van der Waals surface area contributed by atoms with Crippen molar-refractivity contribution in [3.8, 4) is 0 Å². The van der Waals surface area contributed by atoms with Crippen LogP contribution in [0, 0.1) is 0 Å². The van der Waals surface area contributed by atoms with E-state index in [4.69, 9.17) is 4.74 Å². The molecule has 0 amide bonds. The summed E-state index contributed by atoms with van der Waals surface area (Å²) in [6.45, 7) is 2.69. The maximum absolute atomic E-state index is 11.3. The molecular weight excluding hydrogens is 224 g/mol. The highest BCUT2D eigenvalue weighted by Crippen LogP contribution is 2.09. The average Bonchev–Trinajstić information content (AvgIpc) is 2.40. The van der Waals surface area contributed by atoms with E-state index in [9.17, 15) is 4.79 Å². The van der Waals surface area contributed by atoms with Crippen molar-refractivity contribution in [1.29, 1.82) is 0 Å². The van der Waals surface area contributed by atoms with Gasteiger partial charge in [0.05, 0.1) is 13.2 Å². The quantitative estimate of drug-likeness (QED) is 0.746. The predicted octanol–water partition coefficient (Wildman–Crippen LogP) is 3.61. The average molecular weight is 240 g/mol. The molecule has 92 valence electrons. The Morgan fingerprint density at radius 1 is 0.944 bits per heavy atom. The number of ketones is 1. The van der Waals surface area contributed by atoms with Gasteiger partial charge in [0.25, 0.3) is 0 Å². The summed E-state index contributed by atoms with van der Waals surface area (Å²) in [5.41, 5.74) is 2.91. The minimum Gasteiger partial charge on any atom is -0.372 e. The molecule has 0 aromatic heterocycles. The van der Waals surface area contributed by atoms with E-state index in [0.717, 1.165) is 16.7 Å². The van der Waals surface area contributed by atoms with E-state index in [1.165, 1.54) is 0 Å². The molecule has 2 aromatic rings. The Kier molecular flexibility index (Phi) is 4.26. The molecule has 2 aromatic carbocycles. The smallest absolute Gasteiger partial charge is 0.159 e. The van der Waals surface area contributed by atoms with Gasteiger partial charge in [-0.15, -0.1) is 0 Å². The van der Waals surface area contributed by atoms with Crippen LogP contribution in [0.25, 0.3) is 0 Å². The van der Waals surface area contributed by atoms with Crippen LogP contribution in [0.15, 0.2) is 54.6 Å². The van der Waals surface area contributed by atoms with Crippen LogP contribution in [0.4, 0.5) is 0 Å². The zero-order valence-corrected chi connectivity index (χ0v) is 10.4. The lowest BCUT2D eigenvalue weighted by molar-refractivity contribution is 0.101. The van der Waals surface area contributed by atoms with E-state index >= 15 is 0 Å². The number of benzene rings is 2. The van der Waals surface area contributed by atoms with Gasteiger partial charge in [-0.1, -0.05) is 48.5 Å². The highest BCUT2D eigenvalue weighted by atomic mass is 16.5. The van der Waals surface area contributed by atoms with Crippen molar-refractivity contribution in [1.82, 2.24) is 0 Å². The summed E-state index contributed by atoms with van der Waals surface area (Å²) in [7, 11) is 0. The van der Waals surface area contributed by atoms with Gasteiger partial charge in [0.2, 0.25) is 0 Å². The molecule has 0 aliphatic carbocycles. The van der Waals surface area contributed by atoms with Crippen molar-refractivity contribution in [3.05, 3.63) is 71.3 Å². The fraction of sp³-hybridized carbons (Fsp3) is 0.188. The monoisotopic (exact) mass is 240 g/mol. The molecule has 0 saturated heterocycles. The number of hydrogen-bond donors (Lipinski definition) is 0. The predicted molar refractivity (Wildman–Crippen MR) is 71.4 cm³/mol. The number of ether oxygens (including phenoxy) is 1. The number of carbonyl (C=O) groups excluding carboxylic acids is 1. The van der Waals surface area contributed by atoms with Gasteiger partial charge in [0.15, 0.2) is 5.78 Å². The number of hydrogen-bond acceptors (Lipinski definition) is 2. The van der Waals surface area contributed by atoms with E-state index in [0.29, 0.717) is 13.2 Å². The van der Waals surface area contributed by atoms with Crippen LogP contribution in [0.2, 0.25) is 0 Å². The molecule has 0 N–H and O–H groups in total. The Labute approximate surface area is 107 Å². The summed E-state index contributed by atoms with van der Waals surface area (Å²) in [6, 6.07) is 17.6. The maximum Gasteiger partial charge on any atom is 0.159 e. The summed E-state index contributed by atoms with van der Waals surface area (Å²) in [5.74, 6) is 0.0832. The first-order valence-corrected chi connectivity index (χ1v) is 5.97. The number of carbonyl (C=O) groups is 1. The Morgan fingerprint density at radius 3 is 2.33 bits per heavy atom. The van der Waals surface area contributed by atoms with Crippen LogP contribution in [0.5, 0.6) is 0 Å². The van der Waals surface area contributed by atoms with Gasteiger partial charge in [0.1, 0.15) is 0 Å². The molecule has 0 heterocycles. The second-order valence-electron chi connectivity index (χ2n) is 4.23. The maximum atomic E-state index is 11.3. The summed E-state index contributed by atoms with van der Waals surface area (Å²) in [5, 5.41) is 0. The van der Waals surface area contributed by atoms with Gasteiger partial charge in [-0.3, -0.25) is 4.79 Å². The third-order valence-corrected chi connectivity index (χ3v) is 2.71. The molecule has 18 heavy (non-hydrogen) atoms. The van der Waals surface area contributed by atoms with Crippen LogP contribution in [0.3, 0.4) is 0 Å². The summed E-state index contributed by atoms with van der Waals surface area (Å²) < 4.78 is 5.63. The van der Waals surface area contributed by atoms with E-state index in [1.807, 2.05) is 54.6 Å². The molecular formula is C16H16O2. The Morgan fingerprint density at radius 2 is 1.61 bits per heavy atom. The van der Waals surface area contributed by atoms with Crippen LogP contribution in [-0.4, -0.2) is 5.78 Å². The molecule has 0 unspecified atom stereocenters. The molecule has 0 saturated carbocycles. The lowest BCUT2D eigenvalue weighted by atomic mass is 10.1. The molecule has 2 rings (SSSR count).